The van der Waals surface area contributed by atoms with Gasteiger partial charge in [-0.1, -0.05) is 245 Å². The molecule has 0 amide bonds. The van der Waals surface area contributed by atoms with Gasteiger partial charge < -0.3 is 37.9 Å². The van der Waals surface area contributed by atoms with Crippen molar-refractivity contribution < 1.29 is 37.9 Å². The molecule has 2 aromatic heterocycles. The molecule has 8 aromatic carbocycles. The Kier molecular flexibility index (Phi) is 34.8. The Labute approximate surface area is 667 Å². The van der Waals surface area contributed by atoms with Crippen LogP contribution < -0.4 is 37.9 Å². The summed E-state index contributed by atoms with van der Waals surface area (Å²) in [6.07, 6.45) is 48.1. The Morgan fingerprint density at radius 3 is 0.627 bits per heavy atom. The summed E-state index contributed by atoms with van der Waals surface area (Å²) in [5.41, 5.74) is 3.08. The van der Waals surface area contributed by atoms with Gasteiger partial charge in [-0.15, -0.1) is 35.5 Å². The Balaban J connectivity index is 1.05. The smallest absolute Gasteiger partial charge is 0.161 e. The molecule has 0 atom stereocenters. The fraction of sp³-hybridized carbons (Fsp3) is 0.480. The second-order valence-electron chi connectivity index (χ2n) is 29.7. The van der Waals surface area contributed by atoms with Crippen molar-refractivity contribution in [1.82, 2.24) is 0 Å². The summed E-state index contributed by atoms with van der Waals surface area (Å²) >= 11 is 3.37. The summed E-state index contributed by atoms with van der Waals surface area (Å²) in [7, 11) is 0. The summed E-state index contributed by atoms with van der Waals surface area (Å²) in [4.78, 5) is 4.14. The Morgan fingerprint density at radius 1 is 0.218 bits per heavy atom. The predicted octanol–water partition coefficient (Wildman–Crippen LogP) is 28.8. The van der Waals surface area contributed by atoms with E-state index in [0.29, 0.717) is 52.9 Å². The highest BCUT2D eigenvalue weighted by Gasteiger charge is 2.23. The van der Waals surface area contributed by atoms with Gasteiger partial charge in [0.15, 0.2) is 23.0 Å². The molecule has 0 spiro atoms. The molecular weight excluding hydrogens is 1390 g/mol. The van der Waals surface area contributed by atoms with Crippen molar-refractivity contribution in [3.8, 4) is 104 Å². The normalized spacial score (nSPS) is 11.3. The van der Waals surface area contributed by atoms with Gasteiger partial charge in [0, 0.05) is 9.75 Å². The van der Waals surface area contributed by atoms with Crippen LogP contribution in [0.5, 0.6) is 46.0 Å². The molecule has 0 radical (unpaired) electrons. The number of fused-ring (bicyclic) bond motifs is 12. The fourth-order valence-electron chi connectivity index (χ4n) is 14.5. The molecular formula is C100H122O8S2. The molecule has 0 aliphatic carbocycles. The lowest BCUT2D eigenvalue weighted by Crippen LogP contribution is -2.04. The molecule has 10 aromatic rings. The average molecular weight is 1520 g/mol. The minimum atomic E-state index is 0.582. The molecule has 0 fully saturated rings. The third-order valence-corrected chi connectivity index (χ3v) is 23.0. The van der Waals surface area contributed by atoms with Crippen LogP contribution in [0, 0.1) is 48.4 Å². The Hall–Kier alpha value is -8.64. The molecule has 0 unspecified atom stereocenters. The van der Waals surface area contributed by atoms with Crippen LogP contribution >= 0.6 is 22.7 Å². The van der Waals surface area contributed by atoms with Crippen molar-refractivity contribution >= 4 is 87.3 Å². The standard InChI is InChI=1S/C100H122O8S2/c1-11-21-29-37-53-101-91-65-83-79(61-73(91)19-9)81-63-75(93(103-55-39-31-23-13-3)67-85(81)89-71-97(107-59-43-35-27-17-7)95(69-87(83)89)105-57-41-33-25-15-5)45-47-77-49-51-99(109-77)100-52-50-78(110-100)48-46-76-64-82-80-62-74(20-10)92(102-54-38-30-22-12-2)66-84(80)88-70-96(106-58-42-34-26-16-6)98(108-60-44-36-28-18-8)72-90(88)86(82)68-94(76)104-56-40-32-24-14-4/h9-10,49-52,61-72H,11-18,21-44,53-60H2,1-8H3. The van der Waals surface area contributed by atoms with Crippen LogP contribution in [0.25, 0.3) is 74.4 Å². The van der Waals surface area contributed by atoms with Crippen LogP contribution in [0.15, 0.2) is 97.1 Å². The summed E-state index contributed by atoms with van der Waals surface area (Å²) in [5.74, 6) is 26.6. The van der Waals surface area contributed by atoms with Crippen LogP contribution in [0.3, 0.4) is 0 Å². The topological polar surface area (TPSA) is 73.8 Å². The van der Waals surface area contributed by atoms with E-state index in [4.69, 9.17) is 50.7 Å². The highest BCUT2D eigenvalue weighted by molar-refractivity contribution is 7.22. The number of thiophene rings is 2. The van der Waals surface area contributed by atoms with Gasteiger partial charge in [0.1, 0.15) is 23.0 Å². The number of terminal acetylenes is 2. The molecule has 0 N–H and O–H groups in total. The maximum atomic E-state index is 6.88. The van der Waals surface area contributed by atoms with Crippen molar-refractivity contribution in [2.75, 3.05) is 52.9 Å². The molecule has 0 bridgehead atoms. The van der Waals surface area contributed by atoms with Gasteiger partial charge in [-0.05, 0) is 213 Å². The molecule has 10 rings (SSSR count). The first-order valence-corrected chi connectivity index (χ1v) is 44.1. The van der Waals surface area contributed by atoms with E-state index in [2.05, 4.69) is 188 Å². The molecule has 10 heteroatoms. The number of rotatable bonds is 49. The predicted molar refractivity (Wildman–Crippen MR) is 470 cm³/mol. The van der Waals surface area contributed by atoms with E-state index in [1.165, 1.54) is 38.5 Å². The molecule has 8 nitrogen and oxygen atoms in total. The number of unbranched alkanes of at least 4 members (excludes halogenated alkanes) is 24. The van der Waals surface area contributed by atoms with Crippen molar-refractivity contribution in [3.63, 3.8) is 0 Å². The lowest BCUT2D eigenvalue weighted by atomic mass is 9.91. The molecule has 0 aliphatic rings. The maximum absolute atomic E-state index is 6.88. The number of ether oxygens (including phenoxy) is 8. The SMILES string of the molecule is C#Cc1cc2c3cc(C#Cc4ccc(-c5ccc(C#Cc6cc7c8cc(C#C)c(OCCCCCC)cc8c8cc(OCCCCCC)c(OCCCCCC)cc8c7cc6OCCCCCC)s5)s4)c(OCCCCCC)cc3c3cc(OCCCCCC)c(OCCCCCC)cc3c2cc1OCCCCCC. The molecule has 582 valence electrons. The molecule has 2 heterocycles. The van der Waals surface area contributed by atoms with E-state index < -0.39 is 0 Å². The van der Waals surface area contributed by atoms with Gasteiger partial charge in [0.25, 0.3) is 0 Å². The van der Waals surface area contributed by atoms with Gasteiger partial charge in [-0.3, -0.25) is 0 Å². The van der Waals surface area contributed by atoms with Gasteiger partial charge in [-0.2, -0.15) is 0 Å². The van der Waals surface area contributed by atoms with Crippen molar-refractivity contribution in [2.45, 2.75) is 261 Å². The molecule has 110 heavy (non-hydrogen) atoms. The van der Waals surface area contributed by atoms with E-state index >= 15 is 0 Å². The van der Waals surface area contributed by atoms with Crippen molar-refractivity contribution in [1.29, 1.82) is 0 Å². The van der Waals surface area contributed by atoms with Gasteiger partial charge >= 0.3 is 0 Å². The van der Waals surface area contributed by atoms with Crippen LogP contribution in [0.2, 0.25) is 0 Å². The molecule has 0 saturated carbocycles. The van der Waals surface area contributed by atoms with Gasteiger partial charge in [0.05, 0.1) is 84.9 Å². The van der Waals surface area contributed by atoms with Gasteiger partial charge in [0.2, 0.25) is 0 Å². The van der Waals surface area contributed by atoms with E-state index in [-0.39, 0.29) is 0 Å². The van der Waals surface area contributed by atoms with E-state index in [1.807, 2.05) is 0 Å². The van der Waals surface area contributed by atoms with Crippen LogP contribution in [-0.2, 0) is 0 Å². The second kappa shape index (κ2) is 45.6. The van der Waals surface area contributed by atoms with E-state index in [9.17, 15) is 0 Å². The lowest BCUT2D eigenvalue weighted by Gasteiger charge is -2.19. The van der Waals surface area contributed by atoms with Crippen LogP contribution in [0.1, 0.15) is 293 Å². The number of hydrogen-bond donors (Lipinski definition) is 0. The zero-order valence-corrected chi connectivity index (χ0v) is 69.4. The summed E-state index contributed by atoms with van der Waals surface area (Å²) < 4.78 is 53.9. The number of benzene rings is 8. The first-order chi connectivity index (χ1) is 54.2. The molecule has 0 saturated heterocycles. The van der Waals surface area contributed by atoms with Crippen LogP contribution in [0.4, 0.5) is 0 Å². The molecule has 0 aliphatic heterocycles. The zero-order valence-electron chi connectivity index (χ0n) is 67.8. The second-order valence-corrected chi connectivity index (χ2v) is 31.8. The summed E-state index contributed by atoms with van der Waals surface area (Å²) in [5, 5.41) is 12.5. The first kappa shape index (κ1) is 83.8. The summed E-state index contributed by atoms with van der Waals surface area (Å²) in [6.45, 7) is 22.7. The quantitative estimate of drug-likeness (QED) is 0.0212. The largest absolute Gasteiger partial charge is 0.492 e. The average Bonchev–Trinajstić information content (AvgIpc) is 0.851. The highest BCUT2D eigenvalue weighted by atomic mass is 32.1. The third-order valence-electron chi connectivity index (χ3n) is 20.8. The van der Waals surface area contributed by atoms with E-state index in [0.717, 1.165) is 319 Å². The Morgan fingerprint density at radius 2 is 0.409 bits per heavy atom. The third kappa shape index (κ3) is 23.2. The van der Waals surface area contributed by atoms with Crippen molar-refractivity contribution in [3.05, 3.63) is 129 Å². The zero-order chi connectivity index (χ0) is 77.1. The van der Waals surface area contributed by atoms with E-state index in [1.54, 1.807) is 22.7 Å². The minimum absolute atomic E-state index is 0.582. The van der Waals surface area contributed by atoms with Gasteiger partial charge in [-0.25, -0.2) is 0 Å². The highest BCUT2D eigenvalue weighted by Crippen LogP contribution is 2.48. The fourth-order valence-corrected chi connectivity index (χ4v) is 16.3. The maximum Gasteiger partial charge on any atom is 0.161 e. The monoisotopic (exact) mass is 1510 g/mol. The Bertz CT molecular complexity index is 4520. The van der Waals surface area contributed by atoms with Crippen molar-refractivity contribution in [2.24, 2.45) is 0 Å². The first-order valence-electron chi connectivity index (χ1n) is 42.5. The lowest BCUT2D eigenvalue weighted by molar-refractivity contribution is 0.259. The minimum Gasteiger partial charge on any atom is -0.492 e. The van der Waals surface area contributed by atoms with Crippen LogP contribution in [-0.4, -0.2) is 52.9 Å². The number of hydrogen-bond acceptors (Lipinski definition) is 10. The summed E-state index contributed by atoms with van der Waals surface area (Å²) in [6, 6.07) is 34.9.